The molecule has 0 saturated heterocycles. The second-order valence-corrected chi connectivity index (χ2v) is 15.1. The number of hydrogen-bond acceptors (Lipinski definition) is 7. The van der Waals surface area contributed by atoms with Gasteiger partial charge in [-0.25, -0.2) is 0 Å². The lowest BCUT2D eigenvalue weighted by Crippen LogP contribution is -2.42. The summed E-state index contributed by atoms with van der Waals surface area (Å²) in [7, 11) is 0. The van der Waals surface area contributed by atoms with Gasteiger partial charge in [-0.3, -0.25) is 14.4 Å². The largest absolute Gasteiger partial charge is 0.465 e. The molecule has 7 nitrogen and oxygen atoms in total. The number of carbonyl (C=O) groups excluding carboxylic acids is 3. The van der Waals surface area contributed by atoms with E-state index in [0.29, 0.717) is 19.3 Å². The Morgan fingerprint density at radius 2 is 0.560 bits per heavy atom. The molecular weight excluding hydrogens is 628 g/mol. The van der Waals surface area contributed by atoms with Crippen molar-refractivity contribution in [3.63, 3.8) is 0 Å². The highest BCUT2D eigenvalue weighted by Gasteiger charge is 2.35. The van der Waals surface area contributed by atoms with Crippen LogP contribution >= 0.6 is 0 Å². The fourth-order valence-corrected chi connectivity index (χ4v) is 6.27. The molecule has 0 aromatic heterocycles. The van der Waals surface area contributed by atoms with Gasteiger partial charge < -0.3 is 19.3 Å². The lowest BCUT2D eigenvalue weighted by molar-refractivity contribution is -0.165. The van der Waals surface area contributed by atoms with Crippen LogP contribution in [0.3, 0.4) is 0 Å². The highest BCUT2D eigenvalue weighted by Crippen LogP contribution is 2.22. The normalized spacial score (nSPS) is 11.5. The van der Waals surface area contributed by atoms with Gasteiger partial charge in [0.1, 0.15) is 19.8 Å². The third-order valence-electron chi connectivity index (χ3n) is 9.91. The maximum Gasteiger partial charge on any atom is 0.305 e. The van der Waals surface area contributed by atoms with E-state index in [0.717, 1.165) is 57.8 Å². The molecule has 0 saturated carbocycles. The molecule has 0 heterocycles. The average molecular weight is 711 g/mol. The molecule has 0 radical (unpaired) electrons. The summed E-state index contributed by atoms with van der Waals surface area (Å²) in [4.78, 5) is 37.8. The number of ether oxygens (including phenoxy) is 3. The Bertz CT molecular complexity index is 730. The van der Waals surface area contributed by atoms with Crippen LogP contribution in [0.1, 0.15) is 226 Å². The molecule has 0 aromatic rings. The summed E-state index contributed by atoms with van der Waals surface area (Å²) in [5.41, 5.74) is -1.17. The first-order chi connectivity index (χ1) is 24.4. The zero-order valence-corrected chi connectivity index (χ0v) is 33.4. The molecule has 296 valence electrons. The minimum absolute atomic E-state index is 0.156. The Morgan fingerprint density at radius 3 is 0.760 bits per heavy atom. The van der Waals surface area contributed by atoms with Gasteiger partial charge in [0.25, 0.3) is 0 Å². The van der Waals surface area contributed by atoms with E-state index in [9.17, 15) is 19.5 Å². The molecule has 0 atom stereocenters. The zero-order valence-electron chi connectivity index (χ0n) is 33.4. The molecule has 50 heavy (non-hydrogen) atoms. The van der Waals surface area contributed by atoms with Crippen LogP contribution in [-0.2, 0) is 28.6 Å². The summed E-state index contributed by atoms with van der Waals surface area (Å²) < 4.78 is 16.8. The van der Waals surface area contributed by atoms with Crippen molar-refractivity contribution in [3.8, 4) is 0 Å². The molecule has 0 amide bonds. The number of carbonyl (C=O) groups is 3. The van der Waals surface area contributed by atoms with Gasteiger partial charge in [-0.2, -0.15) is 0 Å². The number of unbranched alkanes of at least 4 members (excludes halogenated alkanes) is 26. The first-order valence-corrected chi connectivity index (χ1v) is 21.5. The molecule has 0 rings (SSSR count). The van der Waals surface area contributed by atoms with E-state index in [1.54, 1.807) is 0 Å². The van der Waals surface area contributed by atoms with Gasteiger partial charge in [0.15, 0.2) is 0 Å². The second-order valence-electron chi connectivity index (χ2n) is 15.1. The Morgan fingerprint density at radius 1 is 0.360 bits per heavy atom. The molecule has 0 aliphatic rings. The Labute approximate surface area is 309 Å². The minimum atomic E-state index is -1.17. The van der Waals surface area contributed by atoms with Gasteiger partial charge in [0, 0.05) is 19.3 Å². The molecule has 0 unspecified atom stereocenters. The predicted octanol–water partition coefficient (Wildman–Crippen LogP) is 12.1. The van der Waals surface area contributed by atoms with E-state index in [1.807, 2.05) is 0 Å². The van der Waals surface area contributed by atoms with Crippen molar-refractivity contribution in [2.24, 2.45) is 5.41 Å². The van der Waals surface area contributed by atoms with Crippen molar-refractivity contribution in [2.45, 2.75) is 226 Å². The first kappa shape index (κ1) is 48.4. The molecule has 0 aromatic carbocycles. The molecule has 0 aliphatic heterocycles. The first-order valence-electron chi connectivity index (χ1n) is 21.5. The van der Waals surface area contributed by atoms with Gasteiger partial charge in [0.2, 0.25) is 0 Å². The topological polar surface area (TPSA) is 99.1 Å². The number of aliphatic hydroxyl groups is 1. The fraction of sp³-hybridized carbons (Fsp3) is 0.930. The Hall–Kier alpha value is -1.63. The van der Waals surface area contributed by atoms with Crippen LogP contribution in [0.5, 0.6) is 0 Å². The van der Waals surface area contributed by atoms with Crippen LogP contribution in [0.25, 0.3) is 0 Å². The van der Waals surface area contributed by atoms with Gasteiger partial charge >= 0.3 is 17.9 Å². The van der Waals surface area contributed by atoms with Gasteiger partial charge in [-0.05, 0) is 19.3 Å². The van der Waals surface area contributed by atoms with Crippen LogP contribution in [0, 0.1) is 5.41 Å². The molecule has 7 heteroatoms. The quantitative estimate of drug-likeness (QED) is 0.0385. The van der Waals surface area contributed by atoms with Crippen LogP contribution in [0.4, 0.5) is 0 Å². The zero-order chi connectivity index (χ0) is 36.8. The summed E-state index contributed by atoms with van der Waals surface area (Å²) in [5, 5.41) is 10.4. The molecule has 0 fully saturated rings. The summed E-state index contributed by atoms with van der Waals surface area (Å²) in [6, 6.07) is 0. The summed E-state index contributed by atoms with van der Waals surface area (Å²) in [6.45, 7) is 5.80. The van der Waals surface area contributed by atoms with Crippen molar-refractivity contribution >= 4 is 17.9 Å². The average Bonchev–Trinajstić information content (AvgIpc) is 3.12. The molecular formula is C43H82O7. The number of rotatable bonds is 39. The summed E-state index contributed by atoms with van der Waals surface area (Å²) in [6.07, 6.45) is 35.1. The summed E-state index contributed by atoms with van der Waals surface area (Å²) >= 11 is 0. The van der Waals surface area contributed by atoms with Crippen molar-refractivity contribution in [1.29, 1.82) is 0 Å². The lowest BCUT2D eigenvalue weighted by atomic mass is 9.92. The Balaban J connectivity index is 4.62. The van der Waals surface area contributed by atoms with Gasteiger partial charge in [-0.1, -0.05) is 188 Å². The van der Waals surface area contributed by atoms with Crippen molar-refractivity contribution in [1.82, 2.24) is 0 Å². The van der Waals surface area contributed by atoms with Gasteiger partial charge in [-0.15, -0.1) is 0 Å². The lowest BCUT2D eigenvalue weighted by Gasteiger charge is -2.30. The molecule has 0 spiro atoms. The third-order valence-corrected chi connectivity index (χ3v) is 9.91. The molecule has 0 aliphatic carbocycles. The standard InChI is InChI=1S/C43H82O7/c1-4-7-10-13-16-19-20-23-26-29-32-35-42(47)50-39-43(36-44,37-48-40(45)33-30-27-24-21-17-14-11-8-5-2)38-49-41(46)34-31-28-25-22-18-15-12-9-6-3/h44H,4-39H2,1-3H3. The van der Waals surface area contributed by atoms with E-state index in [-0.39, 0.29) is 37.7 Å². The molecule has 1 N–H and O–H groups in total. The highest BCUT2D eigenvalue weighted by atomic mass is 16.6. The van der Waals surface area contributed by atoms with E-state index in [4.69, 9.17) is 14.2 Å². The monoisotopic (exact) mass is 711 g/mol. The van der Waals surface area contributed by atoms with E-state index in [1.165, 1.54) is 128 Å². The minimum Gasteiger partial charge on any atom is -0.465 e. The van der Waals surface area contributed by atoms with Crippen molar-refractivity contribution in [3.05, 3.63) is 0 Å². The SMILES string of the molecule is CCCCCCCCCCCCCC(=O)OCC(CO)(COC(=O)CCCCCCCCCCC)COC(=O)CCCCCCCCCCC. The third kappa shape index (κ3) is 32.3. The van der Waals surface area contributed by atoms with E-state index < -0.39 is 12.0 Å². The summed E-state index contributed by atoms with van der Waals surface area (Å²) in [5.74, 6) is -1.00. The van der Waals surface area contributed by atoms with Gasteiger partial charge in [0.05, 0.1) is 12.0 Å². The van der Waals surface area contributed by atoms with Crippen LogP contribution < -0.4 is 0 Å². The number of esters is 3. The van der Waals surface area contributed by atoms with Crippen molar-refractivity contribution in [2.75, 3.05) is 26.4 Å². The number of hydrogen-bond donors (Lipinski definition) is 1. The fourth-order valence-electron chi connectivity index (χ4n) is 6.27. The maximum atomic E-state index is 12.6. The maximum absolute atomic E-state index is 12.6. The van der Waals surface area contributed by atoms with E-state index >= 15 is 0 Å². The number of aliphatic hydroxyl groups excluding tert-OH is 1. The smallest absolute Gasteiger partial charge is 0.305 e. The van der Waals surface area contributed by atoms with Crippen LogP contribution in [0.15, 0.2) is 0 Å². The van der Waals surface area contributed by atoms with Crippen LogP contribution in [-0.4, -0.2) is 49.4 Å². The second kappa shape index (κ2) is 37.1. The van der Waals surface area contributed by atoms with Crippen molar-refractivity contribution < 1.29 is 33.7 Å². The molecule has 0 bridgehead atoms. The highest BCUT2D eigenvalue weighted by molar-refractivity contribution is 5.70. The van der Waals surface area contributed by atoms with Crippen LogP contribution in [0.2, 0.25) is 0 Å². The van der Waals surface area contributed by atoms with E-state index in [2.05, 4.69) is 20.8 Å². The predicted molar refractivity (Wildman–Crippen MR) is 207 cm³/mol. The Kier molecular flexibility index (Phi) is 35.9.